The standard InChI is InChI=1S/C21H28N4O4S.C20H27N5O4S/c1-13(2)22-21(26)29-16-7-6-14(10-16)19-11-20(25-24-19)23-18-5-3-4-15-12-30(27,28)9-8-17(15)18;1-12(2)22-20(26)29-15-7-6-13(8-15)18-9-19(25-24-18)23-17-5-3-4-14-11-30(27,28)21-10-16(14)17/h3-5,11,13-14,16H,6-10,12H2,1-2H3,(H,22,26)(H2,23,24,25);3-5,9,12-13,15,21H,6-8,10-11H2,1-2H3,(H,22,26)(H2,23,24,25)/t14-,16?;13-,15?/m00/s1. The molecule has 2 aliphatic heterocycles. The fraction of sp³-hybridized carbons (Fsp3) is 0.512. The molecule has 2 aromatic heterocycles. The van der Waals surface area contributed by atoms with Crippen LogP contribution in [-0.4, -0.2) is 79.5 Å². The third-order valence-electron chi connectivity index (χ3n) is 11.1. The molecule has 4 aliphatic rings. The van der Waals surface area contributed by atoms with Crippen LogP contribution in [0.4, 0.5) is 32.6 Å². The summed E-state index contributed by atoms with van der Waals surface area (Å²) in [6, 6.07) is 15.4. The van der Waals surface area contributed by atoms with Crippen LogP contribution in [0, 0.1) is 0 Å². The molecule has 2 amide bonds. The summed E-state index contributed by atoms with van der Waals surface area (Å²) >= 11 is 0. The molecule has 19 heteroatoms. The van der Waals surface area contributed by atoms with Gasteiger partial charge in [-0.25, -0.2) is 31.1 Å². The van der Waals surface area contributed by atoms with Crippen LogP contribution in [-0.2, 0) is 53.8 Å². The number of anilines is 4. The van der Waals surface area contributed by atoms with Gasteiger partial charge in [-0.15, -0.1) is 0 Å². The first-order valence-electron chi connectivity index (χ1n) is 20.6. The van der Waals surface area contributed by atoms with Crippen LogP contribution in [0.1, 0.15) is 112 Å². The zero-order valence-electron chi connectivity index (χ0n) is 34.3. The van der Waals surface area contributed by atoms with Gasteiger partial charge >= 0.3 is 12.2 Å². The van der Waals surface area contributed by atoms with Gasteiger partial charge in [0.1, 0.15) is 12.2 Å². The highest BCUT2D eigenvalue weighted by molar-refractivity contribution is 7.90. The van der Waals surface area contributed by atoms with Crippen molar-refractivity contribution in [3.8, 4) is 0 Å². The summed E-state index contributed by atoms with van der Waals surface area (Å²) < 4.78 is 61.0. The zero-order valence-corrected chi connectivity index (χ0v) is 36.0. The molecular weight excluding hydrogens is 811 g/mol. The Kier molecular flexibility index (Phi) is 13.1. The molecule has 2 aromatic carbocycles. The Morgan fingerprint density at radius 2 is 1.20 bits per heavy atom. The average molecular weight is 866 g/mol. The van der Waals surface area contributed by atoms with E-state index >= 15 is 0 Å². The molecule has 8 rings (SSSR count). The van der Waals surface area contributed by atoms with Gasteiger partial charge in [0.15, 0.2) is 21.5 Å². The van der Waals surface area contributed by atoms with E-state index in [1.807, 2.05) is 76.2 Å². The summed E-state index contributed by atoms with van der Waals surface area (Å²) in [7, 11) is -6.26. The second-order valence-electron chi connectivity index (χ2n) is 16.6. The minimum absolute atomic E-state index is 0.0164. The fourth-order valence-electron chi connectivity index (χ4n) is 8.28. The Morgan fingerprint density at radius 3 is 1.72 bits per heavy atom. The van der Waals surface area contributed by atoms with Crippen LogP contribution in [0.3, 0.4) is 0 Å². The molecule has 60 heavy (non-hydrogen) atoms. The maximum absolute atomic E-state index is 11.9. The number of alkyl carbamates (subject to hydrolysis) is 2. The normalized spacial score (nSPS) is 22.5. The monoisotopic (exact) mass is 865 g/mol. The number of nitrogens with one attached hydrogen (secondary N) is 7. The third-order valence-corrected chi connectivity index (χ3v) is 14.0. The van der Waals surface area contributed by atoms with E-state index < -0.39 is 19.9 Å². The predicted molar refractivity (Wildman–Crippen MR) is 228 cm³/mol. The predicted octanol–water partition coefficient (Wildman–Crippen LogP) is 6.25. The summed E-state index contributed by atoms with van der Waals surface area (Å²) in [5.41, 5.74) is 7.38. The molecule has 2 fully saturated rings. The molecule has 0 spiro atoms. The second-order valence-corrected chi connectivity index (χ2v) is 20.6. The topological polar surface area (TPSA) is 238 Å². The lowest BCUT2D eigenvalue weighted by Gasteiger charge is -2.20. The van der Waals surface area contributed by atoms with Gasteiger partial charge in [-0.3, -0.25) is 10.2 Å². The molecule has 324 valence electrons. The van der Waals surface area contributed by atoms with Crippen LogP contribution in [0.2, 0.25) is 0 Å². The number of hydrogen-bond donors (Lipinski definition) is 7. The number of nitrogens with zero attached hydrogens (tertiary/aromatic N) is 2. The minimum Gasteiger partial charge on any atom is -0.446 e. The number of carbonyl (C=O) groups excluding carboxylic acids is 2. The van der Waals surface area contributed by atoms with Gasteiger partial charge in [0.25, 0.3) is 0 Å². The molecule has 0 radical (unpaired) electrons. The Morgan fingerprint density at radius 1 is 0.700 bits per heavy atom. The SMILES string of the molecule is CC(C)NC(=O)OC1CC[C@H](c2cc(Nc3cccc4c3CCS(=O)(=O)C4)n[nH]2)C1.CC(C)NC(=O)OC1CC[C@H](c2cc(Nc3cccc4c3CNS(=O)(=O)C4)n[nH]2)C1. The van der Waals surface area contributed by atoms with Crippen molar-refractivity contribution >= 4 is 55.1 Å². The van der Waals surface area contributed by atoms with Crippen molar-refractivity contribution in [2.24, 2.45) is 0 Å². The summed E-state index contributed by atoms with van der Waals surface area (Å²) in [6.45, 7) is 7.87. The largest absolute Gasteiger partial charge is 0.446 e. The van der Waals surface area contributed by atoms with Gasteiger partial charge in [0.05, 0.1) is 17.3 Å². The molecule has 2 saturated carbocycles. The van der Waals surface area contributed by atoms with Crippen molar-refractivity contribution in [2.75, 3.05) is 16.4 Å². The van der Waals surface area contributed by atoms with Gasteiger partial charge in [0, 0.05) is 65.4 Å². The molecule has 7 N–H and O–H groups in total. The van der Waals surface area contributed by atoms with Crippen molar-refractivity contribution < 1.29 is 35.9 Å². The van der Waals surface area contributed by atoms with Crippen molar-refractivity contribution in [3.05, 3.63) is 82.2 Å². The van der Waals surface area contributed by atoms with E-state index in [2.05, 4.69) is 46.4 Å². The molecule has 4 atom stereocenters. The van der Waals surface area contributed by atoms with E-state index in [-0.39, 0.29) is 72.1 Å². The number of ether oxygens (including phenoxy) is 2. The number of H-pyrrole nitrogens is 2. The highest BCUT2D eigenvalue weighted by atomic mass is 32.2. The highest BCUT2D eigenvalue weighted by Crippen LogP contribution is 2.38. The number of fused-ring (bicyclic) bond motifs is 2. The van der Waals surface area contributed by atoms with Crippen LogP contribution in [0.15, 0.2) is 48.5 Å². The number of rotatable bonds is 10. The number of sulfonamides is 1. The molecule has 17 nitrogen and oxygen atoms in total. The van der Waals surface area contributed by atoms with E-state index in [0.717, 1.165) is 83.5 Å². The zero-order chi connectivity index (χ0) is 42.6. The number of amides is 2. The molecule has 4 aromatic rings. The smallest absolute Gasteiger partial charge is 0.407 e. The first kappa shape index (κ1) is 43.0. The average Bonchev–Trinajstić information content (AvgIpc) is 3.99. The lowest BCUT2D eigenvalue weighted by molar-refractivity contribution is 0.0972. The highest BCUT2D eigenvalue weighted by Gasteiger charge is 2.32. The van der Waals surface area contributed by atoms with E-state index in [1.165, 1.54) is 0 Å². The van der Waals surface area contributed by atoms with Crippen LogP contribution >= 0.6 is 0 Å². The number of carbonyl (C=O) groups is 2. The number of benzene rings is 2. The maximum atomic E-state index is 11.9. The summed E-state index contributed by atoms with van der Waals surface area (Å²) in [5.74, 6) is 2.15. The minimum atomic E-state index is -3.25. The number of aromatic amines is 2. The molecule has 4 heterocycles. The first-order valence-corrected chi connectivity index (χ1v) is 24.0. The summed E-state index contributed by atoms with van der Waals surface area (Å²) in [5, 5.41) is 27.1. The maximum Gasteiger partial charge on any atom is 0.407 e. The number of hydrogen-bond acceptors (Lipinski definition) is 12. The molecular formula is C41H55N9O8S2. The van der Waals surface area contributed by atoms with Crippen LogP contribution in [0.5, 0.6) is 0 Å². The van der Waals surface area contributed by atoms with Crippen LogP contribution in [0.25, 0.3) is 0 Å². The van der Waals surface area contributed by atoms with Crippen molar-refractivity contribution in [1.29, 1.82) is 0 Å². The molecule has 0 saturated heterocycles. The molecule has 2 aliphatic carbocycles. The van der Waals surface area contributed by atoms with Crippen molar-refractivity contribution in [1.82, 2.24) is 35.8 Å². The van der Waals surface area contributed by atoms with Gasteiger partial charge < -0.3 is 30.7 Å². The fourth-order valence-corrected chi connectivity index (χ4v) is 10.8. The Hall–Kier alpha value is -5.14. The number of aromatic nitrogens is 4. The number of sulfone groups is 1. The van der Waals surface area contributed by atoms with Gasteiger partial charge in [-0.05, 0) is 107 Å². The van der Waals surface area contributed by atoms with Crippen LogP contribution < -0.4 is 26.0 Å². The summed E-state index contributed by atoms with van der Waals surface area (Å²) in [6.07, 6.45) is 4.64. The molecule has 0 bridgehead atoms. The van der Waals surface area contributed by atoms with Gasteiger partial charge in [-0.1, -0.05) is 24.3 Å². The summed E-state index contributed by atoms with van der Waals surface area (Å²) in [4.78, 5) is 23.6. The quantitative estimate of drug-likeness (QED) is 0.0937. The van der Waals surface area contributed by atoms with Crippen molar-refractivity contribution in [2.45, 2.75) is 127 Å². The lowest BCUT2D eigenvalue weighted by atomic mass is 10.0. The first-order chi connectivity index (χ1) is 28.6. The van der Waals surface area contributed by atoms with E-state index in [9.17, 15) is 26.4 Å². The Bertz CT molecular complexity index is 2230. The second kappa shape index (κ2) is 18.2. The Labute approximate surface area is 350 Å². The van der Waals surface area contributed by atoms with E-state index in [0.29, 0.717) is 18.1 Å². The van der Waals surface area contributed by atoms with Gasteiger partial charge in [-0.2, -0.15) is 10.2 Å². The van der Waals surface area contributed by atoms with E-state index in [1.54, 1.807) is 0 Å². The molecule has 2 unspecified atom stereocenters. The van der Waals surface area contributed by atoms with E-state index in [4.69, 9.17) is 9.47 Å². The third kappa shape index (κ3) is 11.2. The Balaban J connectivity index is 0.000000181. The lowest BCUT2D eigenvalue weighted by Crippen LogP contribution is -2.33. The van der Waals surface area contributed by atoms with Crippen molar-refractivity contribution in [3.63, 3.8) is 0 Å². The van der Waals surface area contributed by atoms with Gasteiger partial charge in [0.2, 0.25) is 10.0 Å².